The van der Waals surface area contributed by atoms with Crippen molar-refractivity contribution in [1.29, 1.82) is 0 Å². The largest absolute Gasteiger partial charge is 0.481 e. The van der Waals surface area contributed by atoms with E-state index in [-0.39, 0.29) is 12.1 Å². The Balaban J connectivity index is 2.19. The first-order chi connectivity index (χ1) is 8.56. The summed E-state index contributed by atoms with van der Waals surface area (Å²) in [5.41, 5.74) is 5.66. The fraction of sp³-hybridized carbons (Fsp3) is 0.111. The second kappa shape index (κ2) is 5.19. The highest BCUT2D eigenvalue weighted by atomic mass is 32.2. The molecule has 0 atom stereocenters. The SMILES string of the molecule is Nc1c(Sc2nc(CC(=O)O)cs2)nc[nH]c1=O. The van der Waals surface area contributed by atoms with Gasteiger partial charge in [0.2, 0.25) is 0 Å². The Morgan fingerprint density at radius 3 is 3.11 bits per heavy atom. The third-order valence-electron chi connectivity index (χ3n) is 1.90. The fourth-order valence-corrected chi connectivity index (χ4v) is 2.88. The lowest BCUT2D eigenvalue weighted by Gasteiger charge is -1.99. The van der Waals surface area contributed by atoms with Crippen LogP contribution >= 0.6 is 23.1 Å². The van der Waals surface area contributed by atoms with Crippen molar-refractivity contribution in [2.24, 2.45) is 0 Å². The van der Waals surface area contributed by atoms with Gasteiger partial charge >= 0.3 is 5.97 Å². The second-order valence-corrected chi connectivity index (χ2v) is 5.32. The van der Waals surface area contributed by atoms with Crippen LogP contribution in [0.2, 0.25) is 0 Å². The van der Waals surface area contributed by atoms with E-state index < -0.39 is 11.5 Å². The van der Waals surface area contributed by atoms with Crippen molar-refractivity contribution in [2.45, 2.75) is 15.8 Å². The number of anilines is 1. The number of thiazole rings is 1. The molecule has 0 fully saturated rings. The van der Waals surface area contributed by atoms with Gasteiger partial charge in [0.1, 0.15) is 10.7 Å². The quantitative estimate of drug-likeness (QED) is 0.702. The number of carboxylic acids is 1. The van der Waals surface area contributed by atoms with E-state index in [1.54, 1.807) is 5.38 Å². The van der Waals surface area contributed by atoms with Gasteiger partial charge in [-0.3, -0.25) is 9.59 Å². The van der Waals surface area contributed by atoms with Gasteiger partial charge in [-0.1, -0.05) is 0 Å². The Morgan fingerprint density at radius 1 is 1.61 bits per heavy atom. The minimum atomic E-state index is -0.939. The highest BCUT2D eigenvalue weighted by Crippen LogP contribution is 2.30. The van der Waals surface area contributed by atoms with Crippen LogP contribution in [0.5, 0.6) is 0 Å². The molecule has 2 aromatic heterocycles. The maximum Gasteiger partial charge on any atom is 0.309 e. The average Bonchev–Trinajstić information content (AvgIpc) is 2.71. The first kappa shape index (κ1) is 12.6. The summed E-state index contributed by atoms with van der Waals surface area (Å²) in [6.45, 7) is 0. The number of carboxylic acid groups (broad SMARTS) is 1. The van der Waals surface area contributed by atoms with Gasteiger partial charge in [0, 0.05) is 5.38 Å². The highest BCUT2D eigenvalue weighted by Gasteiger charge is 2.11. The number of rotatable bonds is 4. The zero-order valence-corrected chi connectivity index (χ0v) is 10.5. The predicted octanol–water partition coefficient (Wildman–Crippen LogP) is 0.587. The van der Waals surface area contributed by atoms with Gasteiger partial charge < -0.3 is 15.8 Å². The van der Waals surface area contributed by atoms with Gasteiger partial charge in [0.25, 0.3) is 5.56 Å². The molecule has 9 heteroatoms. The first-order valence-corrected chi connectivity index (χ1v) is 6.43. The molecule has 0 aliphatic rings. The maximum absolute atomic E-state index is 11.3. The van der Waals surface area contributed by atoms with E-state index in [0.717, 1.165) is 11.8 Å². The maximum atomic E-state index is 11.3. The van der Waals surface area contributed by atoms with Crippen molar-refractivity contribution in [3.05, 3.63) is 27.8 Å². The van der Waals surface area contributed by atoms with Crippen LogP contribution < -0.4 is 11.3 Å². The summed E-state index contributed by atoms with van der Waals surface area (Å²) in [5, 5.41) is 10.6. The molecule has 0 amide bonds. The van der Waals surface area contributed by atoms with Crippen LogP contribution in [0.1, 0.15) is 5.69 Å². The van der Waals surface area contributed by atoms with Crippen molar-refractivity contribution in [1.82, 2.24) is 15.0 Å². The van der Waals surface area contributed by atoms with Crippen molar-refractivity contribution in [3.8, 4) is 0 Å². The third-order valence-corrected chi connectivity index (χ3v) is 3.91. The van der Waals surface area contributed by atoms with E-state index in [0.29, 0.717) is 15.1 Å². The Kier molecular flexibility index (Phi) is 3.63. The Bertz CT molecular complexity index is 637. The van der Waals surface area contributed by atoms with E-state index in [1.807, 2.05) is 0 Å². The van der Waals surface area contributed by atoms with Gasteiger partial charge in [0.15, 0.2) is 4.34 Å². The number of hydrogen-bond acceptors (Lipinski definition) is 7. The molecule has 2 aromatic rings. The number of nitrogens with two attached hydrogens (primary N) is 1. The monoisotopic (exact) mass is 284 g/mol. The van der Waals surface area contributed by atoms with Gasteiger partial charge in [-0.05, 0) is 11.8 Å². The standard InChI is InChI=1S/C9H8N4O3S2/c10-6-7(16)11-3-12-8(6)18-9-13-4(2-17-9)1-5(14)15/h2-3H,1,10H2,(H,14,15)(H,11,12,16). The lowest BCUT2D eigenvalue weighted by Crippen LogP contribution is -2.13. The number of nitrogen functional groups attached to an aromatic ring is 1. The number of aromatic amines is 1. The van der Waals surface area contributed by atoms with Crippen molar-refractivity contribution in [3.63, 3.8) is 0 Å². The van der Waals surface area contributed by atoms with E-state index in [1.165, 1.54) is 17.7 Å². The predicted molar refractivity (Wildman–Crippen MR) is 66.8 cm³/mol. The molecule has 0 aromatic carbocycles. The van der Waals surface area contributed by atoms with Crippen molar-refractivity contribution < 1.29 is 9.90 Å². The van der Waals surface area contributed by atoms with E-state index in [9.17, 15) is 9.59 Å². The molecule has 0 aliphatic carbocycles. The second-order valence-electron chi connectivity index (χ2n) is 3.23. The van der Waals surface area contributed by atoms with Crippen LogP contribution in [-0.4, -0.2) is 26.0 Å². The van der Waals surface area contributed by atoms with Crippen molar-refractivity contribution in [2.75, 3.05) is 5.73 Å². The summed E-state index contributed by atoms with van der Waals surface area (Å²) in [7, 11) is 0. The number of H-pyrrole nitrogens is 1. The zero-order valence-electron chi connectivity index (χ0n) is 8.91. The molecular formula is C9H8N4O3S2. The number of aromatic nitrogens is 3. The molecule has 2 rings (SSSR count). The zero-order chi connectivity index (χ0) is 13.1. The number of aliphatic carboxylic acids is 1. The normalized spacial score (nSPS) is 10.4. The summed E-state index contributed by atoms with van der Waals surface area (Å²) >= 11 is 2.42. The van der Waals surface area contributed by atoms with E-state index >= 15 is 0 Å². The summed E-state index contributed by atoms with van der Waals surface area (Å²) in [4.78, 5) is 32.2. The van der Waals surface area contributed by atoms with Crippen LogP contribution in [0.3, 0.4) is 0 Å². The molecular weight excluding hydrogens is 276 g/mol. The van der Waals surface area contributed by atoms with Gasteiger partial charge in [-0.15, -0.1) is 11.3 Å². The molecule has 0 radical (unpaired) electrons. The smallest absolute Gasteiger partial charge is 0.309 e. The summed E-state index contributed by atoms with van der Waals surface area (Å²) in [5.74, 6) is -0.939. The van der Waals surface area contributed by atoms with Gasteiger partial charge in [-0.2, -0.15) is 0 Å². The van der Waals surface area contributed by atoms with Gasteiger partial charge in [-0.25, -0.2) is 9.97 Å². The third kappa shape index (κ3) is 2.87. The Labute approximate surface area is 109 Å². The number of carbonyl (C=O) groups is 1. The highest BCUT2D eigenvalue weighted by molar-refractivity contribution is 8.01. The molecule has 0 spiro atoms. The Morgan fingerprint density at radius 2 is 2.39 bits per heavy atom. The molecule has 0 bridgehead atoms. The van der Waals surface area contributed by atoms with Crippen LogP contribution in [0, 0.1) is 0 Å². The lowest BCUT2D eigenvalue weighted by atomic mass is 10.3. The summed E-state index contributed by atoms with van der Waals surface area (Å²) in [6, 6.07) is 0. The number of nitrogens with zero attached hydrogens (tertiary/aromatic N) is 2. The van der Waals surface area contributed by atoms with Crippen LogP contribution in [-0.2, 0) is 11.2 Å². The number of nitrogens with one attached hydrogen (secondary N) is 1. The molecule has 7 nitrogen and oxygen atoms in total. The van der Waals surface area contributed by atoms with E-state index in [4.69, 9.17) is 10.8 Å². The fourth-order valence-electron chi connectivity index (χ4n) is 1.13. The molecule has 0 unspecified atom stereocenters. The lowest BCUT2D eigenvalue weighted by molar-refractivity contribution is -0.136. The van der Waals surface area contributed by atoms with Crippen molar-refractivity contribution >= 4 is 34.8 Å². The topological polar surface area (TPSA) is 122 Å². The summed E-state index contributed by atoms with van der Waals surface area (Å²) < 4.78 is 0.594. The molecule has 2 heterocycles. The number of hydrogen-bond donors (Lipinski definition) is 3. The first-order valence-electron chi connectivity index (χ1n) is 4.73. The molecule has 0 saturated heterocycles. The Hall–Kier alpha value is -1.87. The minimum Gasteiger partial charge on any atom is -0.481 e. The molecule has 0 aliphatic heterocycles. The molecule has 18 heavy (non-hydrogen) atoms. The molecule has 94 valence electrons. The van der Waals surface area contributed by atoms with Crippen LogP contribution in [0.15, 0.2) is 25.9 Å². The van der Waals surface area contributed by atoms with Gasteiger partial charge in [0.05, 0.1) is 18.4 Å². The van der Waals surface area contributed by atoms with Crippen LogP contribution in [0.4, 0.5) is 5.69 Å². The summed E-state index contributed by atoms with van der Waals surface area (Å²) in [6.07, 6.45) is 1.13. The van der Waals surface area contributed by atoms with E-state index in [2.05, 4.69) is 15.0 Å². The average molecular weight is 284 g/mol. The minimum absolute atomic E-state index is 0.0254. The van der Waals surface area contributed by atoms with Crippen LogP contribution in [0.25, 0.3) is 0 Å². The molecule has 0 saturated carbocycles. The molecule has 4 N–H and O–H groups in total.